The minimum Gasteiger partial charge on any atom is -0.361 e. The van der Waals surface area contributed by atoms with E-state index in [1.807, 2.05) is 66.9 Å². The molecule has 3 nitrogen and oxygen atoms in total. The summed E-state index contributed by atoms with van der Waals surface area (Å²) in [6.07, 6.45) is 2.06. The molecule has 1 atom stereocenters. The summed E-state index contributed by atoms with van der Waals surface area (Å²) < 4.78 is 14.6. The van der Waals surface area contributed by atoms with Crippen molar-refractivity contribution in [1.29, 1.82) is 0 Å². The number of carbonyl (C=O) groups excluding carboxylic acids is 1. The molecule has 140 valence electrons. The first-order valence-electron chi connectivity index (χ1n) is 9.33. The Morgan fingerprint density at radius 2 is 1.61 bits per heavy atom. The molecule has 4 heteroatoms. The molecular formula is C24H21FN2O. The molecule has 1 heterocycles. The maximum Gasteiger partial charge on any atom is 0.221 e. The molecule has 28 heavy (non-hydrogen) atoms. The van der Waals surface area contributed by atoms with Crippen LogP contribution in [0.3, 0.4) is 0 Å². The zero-order chi connectivity index (χ0) is 19.3. The van der Waals surface area contributed by atoms with Gasteiger partial charge in [0.1, 0.15) is 5.82 Å². The second-order valence-electron chi connectivity index (χ2n) is 6.83. The van der Waals surface area contributed by atoms with E-state index in [0.717, 1.165) is 22.0 Å². The van der Waals surface area contributed by atoms with Gasteiger partial charge in [0.15, 0.2) is 0 Å². The Bertz CT molecular complexity index is 1090. The van der Waals surface area contributed by atoms with E-state index in [1.54, 1.807) is 12.1 Å². The zero-order valence-corrected chi connectivity index (χ0v) is 15.4. The first kappa shape index (κ1) is 18.0. The average molecular weight is 372 g/mol. The maximum absolute atomic E-state index is 14.6. The fraction of sp³-hybridized carbons (Fsp3) is 0.125. The summed E-state index contributed by atoms with van der Waals surface area (Å²) in [4.78, 5) is 15.9. The van der Waals surface area contributed by atoms with Crippen LogP contribution in [0.15, 0.2) is 85.1 Å². The predicted molar refractivity (Wildman–Crippen MR) is 109 cm³/mol. The normalized spacial score (nSPS) is 12.0. The average Bonchev–Trinajstić information content (AvgIpc) is 3.16. The van der Waals surface area contributed by atoms with E-state index in [4.69, 9.17) is 0 Å². The minimum atomic E-state index is -0.367. The summed E-state index contributed by atoms with van der Waals surface area (Å²) in [5.41, 5.74) is 3.46. The Morgan fingerprint density at radius 1 is 0.893 bits per heavy atom. The zero-order valence-electron chi connectivity index (χ0n) is 15.4. The molecule has 1 aromatic heterocycles. The molecule has 4 rings (SSSR count). The lowest BCUT2D eigenvalue weighted by atomic mass is 9.87. The molecule has 0 spiro atoms. The molecule has 0 aliphatic heterocycles. The number of aromatic amines is 1. The summed E-state index contributed by atoms with van der Waals surface area (Å²) in [6, 6.07) is 24.3. The lowest BCUT2D eigenvalue weighted by Gasteiger charge is -2.18. The molecule has 0 bridgehead atoms. The van der Waals surface area contributed by atoms with Crippen molar-refractivity contribution in [2.75, 3.05) is 0 Å². The third-order valence-corrected chi connectivity index (χ3v) is 5.00. The molecule has 0 saturated heterocycles. The van der Waals surface area contributed by atoms with Crippen molar-refractivity contribution < 1.29 is 9.18 Å². The van der Waals surface area contributed by atoms with Crippen molar-refractivity contribution in [3.63, 3.8) is 0 Å². The van der Waals surface area contributed by atoms with Crippen molar-refractivity contribution in [2.45, 2.75) is 18.9 Å². The number of fused-ring (bicyclic) bond motifs is 1. The van der Waals surface area contributed by atoms with Crippen molar-refractivity contribution in [1.82, 2.24) is 10.3 Å². The number of nitrogens with one attached hydrogen (secondary N) is 2. The molecule has 0 saturated carbocycles. The summed E-state index contributed by atoms with van der Waals surface area (Å²) in [5, 5.41) is 3.96. The van der Waals surface area contributed by atoms with Gasteiger partial charge in [-0.1, -0.05) is 66.7 Å². The largest absolute Gasteiger partial charge is 0.361 e. The highest BCUT2D eigenvalue weighted by Gasteiger charge is 2.23. The van der Waals surface area contributed by atoms with Gasteiger partial charge in [0.05, 0.1) is 0 Å². The van der Waals surface area contributed by atoms with Gasteiger partial charge in [0.2, 0.25) is 5.91 Å². The predicted octanol–water partition coefficient (Wildman–Crippen LogP) is 5.15. The highest BCUT2D eigenvalue weighted by molar-refractivity contribution is 5.86. The Morgan fingerprint density at radius 3 is 2.43 bits per heavy atom. The lowest BCUT2D eigenvalue weighted by molar-refractivity contribution is -0.121. The second-order valence-corrected chi connectivity index (χ2v) is 6.83. The van der Waals surface area contributed by atoms with Crippen LogP contribution in [0.4, 0.5) is 4.39 Å². The van der Waals surface area contributed by atoms with Crippen LogP contribution in [-0.2, 0) is 11.3 Å². The van der Waals surface area contributed by atoms with Crippen molar-refractivity contribution in [3.8, 4) is 0 Å². The number of aromatic nitrogens is 1. The highest BCUT2D eigenvalue weighted by Crippen LogP contribution is 2.34. The molecule has 1 unspecified atom stereocenters. The molecule has 0 aliphatic carbocycles. The molecule has 0 fully saturated rings. The second kappa shape index (κ2) is 8.09. The minimum absolute atomic E-state index is 0.109. The van der Waals surface area contributed by atoms with E-state index >= 15 is 0 Å². The van der Waals surface area contributed by atoms with Crippen LogP contribution in [0.5, 0.6) is 0 Å². The molecule has 0 radical (unpaired) electrons. The van der Waals surface area contributed by atoms with Crippen LogP contribution < -0.4 is 5.32 Å². The summed E-state index contributed by atoms with van der Waals surface area (Å²) in [7, 11) is 0. The number of rotatable bonds is 6. The molecule has 0 aliphatic rings. The van der Waals surface area contributed by atoms with E-state index in [0.29, 0.717) is 12.1 Å². The van der Waals surface area contributed by atoms with Crippen LogP contribution in [0.2, 0.25) is 0 Å². The summed E-state index contributed by atoms with van der Waals surface area (Å²) in [5.74, 6) is -0.774. The number of hydrogen-bond donors (Lipinski definition) is 2. The lowest BCUT2D eigenvalue weighted by Crippen LogP contribution is -2.25. The Hall–Kier alpha value is -3.40. The number of H-pyrrole nitrogens is 1. The molecule has 2 N–H and O–H groups in total. The molecule has 4 aromatic rings. The molecular weight excluding hydrogens is 351 g/mol. The number of carbonyl (C=O) groups is 1. The first-order valence-corrected chi connectivity index (χ1v) is 9.33. The van der Waals surface area contributed by atoms with Gasteiger partial charge in [-0.05, 0) is 28.8 Å². The van der Waals surface area contributed by atoms with E-state index in [2.05, 4.69) is 10.3 Å². The highest BCUT2D eigenvalue weighted by atomic mass is 19.1. The maximum atomic E-state index is 14.6. The van der Waals surface area contributed by atoms with Gasteiger partial charge in [-0.25, -0.2) is 4.39 Å². The number of benzene rings is 3. The van der Waals surface area contributed by atoms with Crippen LogP contribution in [0.1, 0.15) is 29.0 Å². The van der Waals surface area contributed by atoms with E-state index in [1.165, 1.54) is 6.07 Å². The SMILES string of the molecule is O=C(CC(c1ccccc1F)c1c[nH]c2ccccc12)NCc1ccccc1. The van der Waals surface area contributed by atoms with Gasteiger partial charge in [-0.15, -0.1) is 0 Å². The number of hydrogen-bond acceptors (Lipinski definition) is 1. The Balaban J connectivity index is 1.62. The topological polar surface area (TPSA) is 44.9 Å². The third-order valence-electron chi connectivity index (χ3n) is 5.00. The van der Waals surface area contributed by atoms with Crippen LogP contribution in [-0.4, -0.2) is 10.9 Å². The first-order chi connectivity index (χ1) is 13.7. The van der Waals surface area contributed by atoms with Gasteiger partial charge in [-0.3, -0.25) is 4.79 Å². The monoisotopic (exact) mass is 372 g/mol. The van der Waals surface area contributed by atoms with E-state index in [-0.39, 0.29) is 24.1 Å². The number of para-hydroxylation sites is 1. The third kappa shape index (κ3) is 3.81. The van der Waals surface area contributed by atoms with Crippen molar-refractivity contribution in [2.24, 2.45) is 0 Å². The molecule has 1 amide bonds. The van der Waals surface area contributed by atoms with Gasteiger partial charge >= 0.3 is 0 Å². The fourth-order valence-corrected chi connectivity index (χ4v) is 3.58. The fourth-order valence-electron chi connectivity index (χ4n) is 3.58. The quantitative estimate of drug-likeness (QED) is 0.483. The standard InChI is InChI=1S/C24H21FN2O/c25-22-12-6-4-10-18(22)20(21-16-26-23-13-7-5-11-19(21)23)14-24(28)27-15-17-8-2-1-3-9-17/h1-13,16,20,26H,14-15H2,(H,27,28). The van der Waals surface area contributed by atoms with E-state index < -0.39 is 0 Å². The Labute approximate surface area is 163 Å². The van der Waals surface area contributed by atoms with Crippen LogP contribution >= 0.6 is 0 Å². The number of amides is 1. The van der Waals surface area contributed by atoms with Gasteiger partial charge < -0.3 is 10.3 Å². The van der Waals surface area contributed by atoms with Crippen LogP contribution in [0, 0.1) is 5.82 Å². The van der Waals surface area contributed by atoms with Gasteiger partial charge in [-0.2, -0.15) is 0 Å². The van der Waals surface area contributed by atoms with E-state index in [9.17, 15) is 9.18 Å². The van der Waals surface area contributed by atoms with Crippen LogP contribution in [0.25, 0.3) is 10.9 Å². The summed E-state index contributed by atoms with van der Waals surface area (Å²) in [6.45, 7) is 0.456. The van der Waals surface area contributed by atoms with Crippen molar-refractivity contribution in [3.05, 3.63) is 108 Å². The van der Waals surface area contributed by atoms with Crippen molar-refractivity contribution >= 4 is 16.8 Å². The summed E-state index contributed by atoms with van der Waals surface area (Å²) >= 11 is 0. The Kier molecular flexibility index (Phi) is 5.20. The number of halogens is 1. The van der Waals surface area contributed by atoms with Gasteiger partial charge in [0.25, 0.3) is 0 Å². The molecule has 3 aromatic carbocycles. The van der Waals surface area contributed by atoms with Gasteiger partial charge in [0, 0.05) is 36.0 Å². The smallest absolute Gasteiger partial charge is 0.221 e.